The van der Waals surface area contributed by atoms with Crippen LogP contribution in [0.3, 0.4) is 0 Å². The Morgan fingerprint density at radius 2 is 2.17 bits per heavy atom. The van der Waals surface area contributed by atoms with Crippen LogP contribution in [0.5, 0.6) is 0 Å². The van der Waals surface area contributed by atoms with Crippen LogP contribution in [0.4, 0.5) is 5.82 Å². The normalized spacial score (nSPS) is 17.6. The van der Waals surface area contributed by atoms with E-state index in [1.54, 1.807) is 11.3 Å². The van der Waals surface area contributed by atoms with Crippen LogP contribution in [0.25, 0.3) is 10.2 Å². The number of rotatable bonds is 2. The van der Waals surface area contributed by atoms with Gasteiger partial charge in [0.2, 0.25) is 5.28 Å². The van der Waals surface area contributed by atoms with Gasteiger partial charge < -0.3 is 4.90 Å². The molecule has 0 atom stereocenters. The van der Waals surface area contributed by atoms with Gasteiger partial charge in [-0.05, 0) is 42.1 Å². The van der Waals surface area contributed by atoms with Crippen molar-refractivity contribution < 1.29 is 0 Å². The third kappa shape index (κ3) is 2.31. The van der Waals surface area contributed by atoms with Crippen LogP contribution in [0, 0.1) is 0 Å². The van der Waals surface area contributed by atoms with E-state index in [1.807, 2.05) is 23.2 Å². The first kappa shape index (κ1) is 12.5. The van der Waals surface area contributed by atoms with E-state index in [9.17, 15) is 0 Å². The zero-order valence-corrected chi connectivity index (χ0v) is 12.5. The van der Waals surface area contributed by atoms with Crippen molar-refractivity contribution in [3.8, 4) is 0 Å². The molecule has 0 saturated carbocycles. The van der Waals surface area contributed by atoms with Crippen LogP contribution in [0.2, 0.25) is 5.28 Å². The SMILES string of the molecule is CSC1CCN(c2nc(Cl)nc3ccsc23)CC1. The average Bonchev–Trinajstić information content (AvgIpc) is 2.86. The molecule has 1 fully saturated rings. The Labute approximate surface area is 120 Å². The summed E-state index contributed by atoms with van der Waals surface area (Å²) >= 11 is 9.67. The fraction of sp³-hybridized carbons (Fsp3) is 0.500. The van der Waals surface area contributed by atoms with Crippen molar-refractivity contribution in [2.45, 2.75) is 18.1 Å². The maximum Gasteiger partial charge on any atom is 0.224 e. The topological polar surface area (TPSA) is 29.0 Å². The highest BCUT2D eigenvalue weighted by Gasteiger charge is 2.22. The van der Waals surface area contributed by atoms with Crippen molar-refractivity contribution in [3.63, 3.8) is 0 Å². The quantitative estimate of drug-likeness (QED) is 0.791. The first-order valence-electron chi connectivity index (χ1n) is 5.96. The Morgan fingerprint density at radius 1 is 1.39 bits per heavy atom. The highest BCUT2D eigenvalue weighted by atomic mass is 35.5. The molecule has 18 heavy (non-hydrogen) atoms. The molecule has 0 aromatic carbocycles. The Hall–Kier alpha value is -0.520. The smallest absolute Gasteiger partial charge is 0.224 e. The molecule has 2 aromatic heterocycles. The summed E-state index contributed by atoms with van der Waals surface area (Å²) in [4.78, 5) is 11.0. The molecule has 3 heterocycles. The molecule has 0 bridgehead atoms. The third-order valence-corrected chi connectivity index (χ3v) is 5.54. The Balaban J connectivity index is 1.92. The van der Waals surface area contributed by atoms with Crippen LogP contribution in [-0.2, 0) is 0 Å². The summed E-state index contributed by atoms with van der Waals surface area (Å²) in [6.07, 6.45) is 4.63. The molecular weight excluding hydrogens is 286 g/mol. The first-order chi connectivity index (χ1) is 8.78. The van der Waals surface area contributed by atoms with E-state index in [2.05, 4.69) is 21.1 Å². The minimum Gasteiger partial charge on any atom is -0.355 e. The van der Waals surface area contributed by atoms with Gasteiger partial charge in [-0.1, -0.05) is 0 Å². The van der Waals surface area contributed by atoms with E-state index in [4.69, 9.17) is 11.6 Å². The second-order valence-electron chi connectivity index (χ2n) is 4.37. The Bertz CT molecular complexity index is 549. The first-order valence-corrected chi connectivity index (χ1v) is 8.51. The molecule has 3 nitrogen and oxygen atoms in total. The highest BCUT2D eigenvalue weighted by molar-refractivity contribution is 7.99. The summed E-state index contributed by atoms with van der Waals surface area (Å²) in [5, 5.41) is 3.19. The molecule has 6 heteroatoms. The van der Waals surface area contributed by atoms with Crippen molar-refractivity contribution in [1.29, 1.82) is 0 Å². The maximum atomic E-state index is 6.01. The number of hydrogen-bond acceptors (Lipinski definition) is 5. The van der Waals surface area contributed by atoms with E-state index in [-0.39, 0.29) is 0 Å². The van der Waals surface area contributed by atoms with Gasteiger partial charge in [-0.25, -0.2) is 4.98 Å². The van der Waals surface area contributed by atoms with Crippen molar-refractivity contribution in [2.24, 2.45) is 0 Å². The fourth-order valence-electron chi connectivity index (χ4n) is 2.34. The van der Waals surface area contributed by atoms with Crippen LogP contribution >= 0.6 is 34.7 Å². The van der Waals surface area contributed by atoms with E-state index in [1.165, 1.54) is 12.8 Å². The molecule has 2 aromatic rings. The lowest BCUT2D eigenvalue weighted by atomic mass is 10.1. The lowest BCUT2D eigenvalue weighted by molar-refractivity contribution is 0.588. The standard InChI is InChI=1S/C12H14ClN3S2/c1-17-8-2-5-16(6-3-8)11-10-9(4-7-18-10)14-12(13)15-11/h4,7-8H,2-3,5-6H2,1H3. The molecule has 0 spiro atoms. The zero-order chi connectivity index (χ0) is 12.5. The summed E-state index contributed by atoms with van der Waals surface area (Å²) < 4.78 is 1.15. The van der Waals surface area contributed by atoms with Gasteiger partial charge in [-0.15, -0.1) is 11.3 Å². The number of nitrogens with zero attached hydrogens (tertiary/aromatic N) is 3. The number of thiophene rings is 1. The number of thioether (sulfide) groups is 1. The number of anilines is 1. The monoisotopic (exact) mass is 299 g/mol. The fourth-order valence-corrected chi connectivity index (χ4v) is 4.04. The third-order valence-electron chi connectivity index (χ3n) is 3.33. The van der Waals surface area contributed by atoms with Gasteiger partial charge in [0, 0.05) is 18.3 Å². The second-order valence-corrected chi connectivity index (χ2v) is 6.77. The molecule has 0 N–H and O–H groups in total. The lowest BCUT2D eigenvalue weighted by Crippen LogP contribution is -2.35. The molecule has 1 aliphatic heterocycles. The van der Waals surface area contributed by atoms with Crippen LogP contribution in [0.1, 0.15) is 12.8 Å². The van der Waals surface area contributed by atoms with Gasteiger partial charge in [0.25, 0.3) is 0 Å². The van der Waals surface area contributed by atoms with Gasteiger partial charge in [0.15, 0.2) is 5.82 Å². The number of aromatic nitrogens is 2. The van der Waals surface area contributed by atoms with Crippen LogP contribution in [0.15, 0.2) is 11.4 Å². The minimum atomic E-state index is 0.350. The molecule has 0 unspecified atom stereocenters. The van der Waals surface area contributed by atoms with Crippen LogP contribution in [-0.4, -0.2) is 34.6 Å². The molecule has 0 radical (unpaired) electrons. The van der Waals surface area contributed by atoms with Gasteiger partial charge in [0.05, 0.1) is 10.2 Å². The molecule has 1 aliphatic rings. The minimum absolute atomic E-state index is 0.350. The molecular formula is C12H14ClN3S2. The van der Waals surface area contributed by atoms with Gasteiger partial charge >= 0.3 is 0 Å². The highest BCUT2D eigenvalue weighted by Crippen LogP contribution is 2.32. The Morgan fingerprint density at radius 3 is 2.89 bits per heavy atom. The molecule has 0 aliphatic carbocycles. The summed E-state index contributed by atoms with van der Waals surface area (Å²) in [5.74, 6) is 1.01. The van der Waals surface area contributed by atoms with Crippen LogP contribution < -0.4 is 4.90 Å². The molecule has 1 saturated heterocycles. The van der Waals surface area contributed by atoms with Gasteiger partial charge in [-0.2, -0.15) is 16.7 Å². The van der Waals surface area contributed by atoms with Crippen molar-refractivity contribution >= 4 is 50.7 Å². The average molecular weight is 300 g/mol. The van der Waals surface area contributed by atoms with Gasteiger partial charge in [0.1, 0.15) is 0 Å². The lowest BCUT2D eigenvalue weighted by Gasteiger charge is -2.32. The van der Waals surface area contributed by atoms with E-state index < -0.39 is 0 Å². The van der Waals surface area contributed by atoms with Crippen molar-refractivity contribution in [3.05, 3.63) is 16.7 Å². The zero-order valence-electron chi connectivity index (χ0n) is 10.1. The van der Waals surface area contributed by atoms with E-state index in [0.717, 1.165) is 34.4 Å². The number of halogens is 1. The van der Waals surface area contributed by atoms with Crippen molar-refractivity contribution in [2.75, 3.05) is 24.2 Å². The second kappa shape index (κ2) is 5.23. The molecule has 3 rings (SSSR count). The largest absolute Gasteiger partial charge is 0.355 e. The van der Waals surface area contributed by atoms with E-state index in [0.29, 0.717) is 5.28 Å². The number of hydrogen-bond donors (Lipinski definition) is 0. The Kier molecular flexibility index (Phi) is 3.63. The summed E-state index contributed by atoms with van der Waals surface area (Å²) in [6, 6.07) is 2.01. The summed E-state index contributed by atoms with van der Waals surface area (Å²) in [5.41, 5.74) is 0.960. The predicted molar refractivity (Wildman–Crippen MR) is 81.2 cm³/mol. The molecule has 96 valence electrons. The predicted octanol–water partition coefficient (Wildman–Crippen LogP) is 3.68. The van der Waals surface area contributed by atoms with Gasteiger partial charge in [-0.3, -0.25) is 0 Å². The summed E-state index contributed by atoms with van der Waals surface area (Å²) in [7, 11) is 0. The maximum absolute atomic E-state index is 6.01. The number of fused-ring (bicyclic) bond motifs is 1. The number of piperidine rings is 1. The van der Waals surface area contributed by atoms with Crippen molar-refractivity contribution in [1.82, 2.24) is 9.97 Å². The summed E-state index contributed by atoms with van der Waals surface area (Å²) in [6.45, 7) is 2.12. The van der Waals surface area contributed by atoms with E-state index >= 15 is 0 Å². The molecule has 0 amide bonds.